The summed E-state index contributed by atoms with van der Waals surface area (Å²) in [6, 6.07) is 8.12. The summed E-state index contributed by atoms with van der Waals surface area (Å²) in [7, 11) is 1.62. The number of nitrogens with zero attached hydrogens (tertiary/aromatic N) is 5. The van der Waals surface area contributed by atoms with Crippen molar-refractivity contribution in [1.29, 1.82) is 0 Å². The Morgan fingerprint density at radius 1 is 1.19 bits per heavy atom. The molecule has 1 aliphatic rings. The van der Waals surface area contributed by atoms with Crippen LogP contribution < -0.4 is 10.1 Å². The van der Waals surface area contributed by atoms with E-state index in [0.717, 1.165) is 34.1 Å². The van der Waals surface area contributed by atoms with Gasteiger partial charge in [0.05, 0.1) is 29.7 Å². The summed E-state index contributed by atoms with van der Waals surface area (Å²) in [6.07, 6.45) is 7.87. The van der Waals surface area contributed by atoms with Crippen molar-refractivity contribution >= 4 is 22.4 Å². The average Bonchev–Trinajstić information content (AvgIpc) is 3.29. The lowest BCUT2D eigenvalue weighted by Crippen LogP contribution is -2.14. The van der Waals surface area contributed by atoms with E-state index in [1.165, 1.54) is 19.2 Å². The van der Waals surface area contributed by atoms with Gasteiger partial charge >= 0.3 is 0 Å². The minimum atomic E-state index is 0.409. The Labute approximate surface area is 156 Å². The number of fused-ring (bicyclic) bond motifs is 2. The smallest absolute Gasteiger partial charge is 0.241 e. The third-order valence-electron chi connectivity index (χ3n) is 5.30. The topological polar surface area (TPSA) is 77.2 Å². The molecular weight excluding hydrogens is 340 g/mol. The number of nitrogens with one attached hydrogen (secondary N) is 1. The molecule has 1 saturated carbocycles. The summed E-state index contributed by atoms with van der Waals surface area (Å²) in [6.45, 7) is 3.20. The van der Waals surface area contributed by atoms with Crippen LogP contribution in [0.2, 0.25) is 0 Å². The van der Waals surface area contributed by atoms with Gasteiger partial charge in [-0.15, -0.1) is 5.10 Å². The number of hydrogen-bond donors (Lipinski definition) is 1. The van der Waals surface area contributed by atoms with Gasteiger partial charge in [-0.1, -0.05) is 13.0 Å². The van der Waals surface area contributed by atoms with Crippen LogP contribution in [0.25, 0.3) is 27.5 Å². The summed E-state index contributed by atoms with van der Waals surface area (Å²) in [4.78, 5) is 13.0. The highest BCUT2D eigenvalue weighted by atomic mass is 16.5. The fraction of sp³-hybridized carbons (Fsp3) is 0.300. The second-order valence-electron chi connectivity index (χ2n) is 7.42. The van der Waals surface area contributed by atoms with Crippen LogP contribution in [0, 0.1) is 5.41 Å². The minimum Gasteiger partial charge on any atom is -0.480 e. The first-order chi connectivity index (χ1) is 13.1. The molecule has 0 spiro atoms. The van der Waals surface area contributed by atoms with Crippen molar-refractivity contribution in [3.63, 3.8) is 0 Å². The lowest BCUT2D eigenvalue weighted by molar-refractivity contribution is 0.402. The summed E-state index contributed by atoms with van der Waals surface area (Å²) in [5, 5.41) is 8.83. The molecule has 5 rings (SSSR count). The molecule has 3 heterocycles. The maximum atomic E-state index is 5.37. The molecule has 27 heavy (non-hydrogen) atoms. The highest BCUT2D eigenvalue weighted by Gasteiger charge is 2.36. The van der Waals surface area contributed by atoms with Gasteiger partial charge in [0.1, 0.15) is 6.33 Å². The van der Waals surface area contributed by atoms with Crippen LogP contribution in [0.4, 0.5) is 5.95 Å². The molecule has 0 radical (unpaired) electrons. The second-order valence-corrected chi connectivity index (χ2v) is 7.42. The number of anilines is 1. The summed E-state index contributed by atoms with van der Waals surface area (Å²) in [5.41, 5.74) is 4.32. The molecule has 1 N–H and O–H groups in total. The quantitative estimate of drug-likeness (QED) is 0.586. The first-order valence-electron chi connectivity index (χ1n) is 9.03. The normalized spacial score (nSPS) is 15.2. The number of aromatic nitrogens is 5. The molecule has 0 amide bonds. The highest BCUT2D eigenvalue weighted by molar-refractivity contribution is 5.91. The van der Waals surface area contributed by atoms with E-state index in [2.05, 4.69) is 32.3 Å². The van der Waals surface area contributed by atoms with Crippen LogP contribution in [-0.4, -0.2) is 38.2 Å². The van der Waals surface area contributed by atoms with Gasteiger partial charge in [0.2, 0.25) is 11.8 Å². The van der Waals surface area contributed by atoms with Crippen LogP contribution in [0.5, 0.6) is 5.88 Å². The second kappa shape index (κ2) is 5.90. The SMILES string of the molecule is COc1ncnc2ccc(-c3ccn4nc(NCC5(C)CC5)ncc34)cc12. The van der Waals surface area contributed by atoms with E-state index < -0.39 is 0 Å². The van der Waals surface area contributed by atoms with Gasteiger partial charge in [0.15, 0.2) is 0 Å². The first-order valence-corrected chi connectivity index (χ1v) is 9.03. The van der Waals surface area contributed by atoms with E-state index in [0.29, 0.717) is 17.2 Å². The van der Waals surface area contributed by atoms with Gasteiger partial charge in [-0.25, -0.2) is 19.5 Å². The summed E-state index contributed by atoms with van der Waals surface area (Å²) in [5.74, 6) is 1.23. The molecule has 3 aromatic heterocycles. The predicted octanol–water partition coefficient (Wildman–Crippen LogP) is 3.56. The van der Waals surface area contributed by atoms with Gasteiger partial charge in [-0.2, -0.15) is 0 Å². The van der Waals surface area contributed by atoms with Crippen molar-refractivity contribution in [2.24, 2.45) is 5.41 Å². The molecule has 136 valence electrons. The van der Waals surface area contributed by atoms with Crippen molar-refractivity contribution < 1.29 is 4.74 Å². The van der Waals surface area contributed by atoms with Crippen molar-refractivity contribution in [3.05, 3.63) is 43.0 Å². The molecule has 0 atom stereocenters. The Morgan fingerprint density at radius 2 is 2.07 bits per heavy atom. The summed E-state index contributed by atoms with van der Waals surface area (Å²) < 4.78 is 7.24. The van der Waals surface area contributed by atoms with Crippen molar-refractivity contribution in [1.82, 2.24) is 24.6 Å². The largest absolute Gasteiger partial charge is 0.480 e. The number of hydrogen-bond acceptors (Lipinski definition) is 6. The van der Waals surface area contributed by atoms with E-state index in [1.807, 2.05) is 41.2 Å². The van der Waals surface area contributed by atoms with Crippen LogP contribution in [0.1, 0.15) is 19.8 Å². The van der Waals surface area contributed by atoms with Crippen molar-refractivity contribution in [2.75, 3.05) is 19.0 Å². The van der Waals surface area contributed by atoms with Crippen LogP contribution in [-0.2, 0) is 0 Å². The molecule has 7 nitrogen and oxygen atoms in total. The van der Waals surface area contributed by atoms with Gasteiger partial charge in [-0.05, 0) is 42.0 Å². The van der Waals surface area contributed by atoms with Crippen LogP contribution in [0.15, 0.2) is 43.0 Å². The monoisotopic (exact) mass is 360 g/mol. The third-order valence-corrected chi connectivity index (χ3v) is 5.30. The summed E-state index contributed by atoms with van der Waals surface area (Å²) >= 11 is 0. The number of rotatable bonds is 5. The number of benzene rings is 1. The molecule has 0 aliphatic heterocycles. The van der Waals surface area contributed by atoms with Gasteiger partial charge in [0, 0.05) is 18.3 Å². The molecule has 0 saturated heterocycles. The van der Waals surface area contributed by atoms with E-state index in [-0.39, 0.29) is 0 Å². The van der Waals surface area contributed by atoms with Gasteiger partial charge in [0.25, 0.3) is 0 Å². The molecule has 4 aromatic rings. The van der Waals surface area contributed by atoms with E-state index in [1.54, 1.807) is 7.11 Å². The Balaban J connectivity index is 1.52. The molecule has 7 heteroatoms. The van der Waals surface area contributed by atoms with Crippen LogP contribution >= 0.6 is 0 Å². The van der Waals surface area contributed by atoms with Crippen molar-refractivity contribution in [3.8, 4) is 17.0 Å². The standard InChI is InChI=1S/C20H20N6O/c1-20(6-7-20)11-22-19-21-10-17-14(5-8-26(17)25-19)13-3-4-16-15(9-13)18(27-2)24-12-23-16/h3-5,8-10,12H,6-7,11H2,1-2H3,(H,22,25). The lowest BCUT2D eigenvalue weighted by atomic mass is 10.1. The first kappa shape index (κ1) is 16.0. The maximum Gasteiger partial charge on any atom is 0.241 e. The maximum absolute atomic E-state index is 5.37. The minimum absolute atomic E-state index is 0.409. The predicted molar refractivity (Wildman–Crippen MR) is 104 cm³/mol. The fourth-order valence-electron chi connectivity index (χ4n) is 3.27. The lowest BCUT2D eigenvalue weighted by Gasteiger charge is -2.10. The molecule has 1 aromatic carbocycles. The average molecular weight is 360 g/mol. The zero-order valence-electron chi connectivity index (χ0n) is 15.3. The molecule has 0 bridgehead atoms. The number of methoxy groups -OCH3 is 1. The van der Waals surface area contributed by atoms with Gasteiger partial charge in [-0.3, -0.25) is 0 Å². The zero-order chi connectivity index (χ0) is 18.4. The fourth-order valence-corrected chi connectivity index (χ4v) is 3.27. The van der Waals surface area contributed by atoms with E-state index >= 15 is 0 Å². The zero-order valence-corrected chi connectivity index (χ0v) is 15.3. The molecule has 0 unspecified atom stereocenters. The number of ether oxygens (including phenoxy) is 1. The Bertz CT molecular complexity index is 1150. The van der Waals surface area contributed by atoms with Gasteiger partial charge < -0.3 is 10.1 Å². The third kappa shape index (κ3) is 2.85. The van der Waals surface area contributed by atoms with Crippen LogP contribution in [0.3, 0.4) is 0 Å². The Morgan fingerprint density at radius 3 is 2.89 bits per heavy atom. The highest BCUT2D eigenvalue weighted by Crippen LogP contribution is 2.44. The van der Waals surface area contributed by atoms with E-state index in [9.17, 15) is 0 Å². The molecular formula is C20H20N6O. The Kier molecular flexibility index (Phi) is 3.50. The van der Waals surface area contributed by atoms with Crippen molar-refractivity contribution in [2.45, 2.75) is 19.8 Å². The van der Waals surface area contributed by atoms with E-state index in [4.69, 9.17) is 4.74 Å². The Hall–Kier alpha value is -3.22. The molecule has 1 fully saturated rings. The molecule has 1 aliphatic carbocycles.